The zero-order chi connectivity index (χ0) is 15.9. The van der Waals surface area contributed by atoms with E-state index in [1.54, 1.807) is 0 Å². The maximum Gasteiger partial charge on any atom is 0.416 e. The highest BCUT2D eigenvalue weighted by atomic mass is 32.2. The maximum atomic E-state index is 12.5. The summed E-state index contributed by atoms with van der Waals surface area (Å²) in [4.78, 5) is 0. The molecule has 0 aromatic heterocycles. The van der Waals surface area contributed by atoms with Gasteiger partial charge in [-0.1, -0.05) is 12.1 Å². The highest BCUT2D eigenvalue weighted by molar-refractivity contribution is 7.91. The topological polar surface area (TPSA) is 46.2 Å². The van der Waals surface area contributed by atoms with Crippen molar-refractivity contribution in [1.82, 2.24) is 5.32 Å². The molecule has 1 aliphatic rings. The van der Waals surface area contributed by atoms with Crippen LogP contribution in [0, 0.1) is 0 Å². The van der Waals surface area contributed by atoms with Crippen LogP contribution in [0.2, 0.25) is 0 Å². The highest BCUT2D eigenvalue weighted by Gasteiger charge is 2.39. The van der Waals surface area contributed by atoms with Gasteiger partial charge in [-0.3, -0.25) is 0 Å². The van der Waals surface area contributed by atoms with Crippen molar-refractivity contribution in [3.05, 3.63) is 35.4 Å². The van der Waals surface area contributed by atoms with E-state index in [-0.39, 0.29) is 17.5 Å². The molecule has 7 heteroatoms. The lowest BCUT2D eigenvalue weighted by Crippen LogP contribution is -2.44. The molecule has 0 saturated carbocycles. The number of halogens is 3. The van der Waals surface area contributed by atoms with Crippen molar-refractivity contribution in [1.29, 1.82) is 0 Å². The number of nitrogens with one attached hydrogen (secondary N) is 1. The van der Waals surface area contributed by atoms with Gasteiger partial charge in [-0.25, -0.2) is 8.42 Å². The molecule has 2 atom stereocenters. The molecule has 118 valence electrons. The fourth-order valence-electron chi connectivity index (χ4n) is 2.69. The molecule has 21 heavy (non-hydrogen) atoms. The van der Waals surface area contributed by atoms with Gasteiger partial charge in [0.25, 0.3) is 0 Å². The van der Waals surface area contributed by atoms with Gasteiger partial charge in [-0.05, 0) is 38.0 Å². The first-order valence-electron chi connectivity index (χ1n) is 6.66. The Hall–Kier alpha value is -1.08. The Balaban J connectivity index is 2.09. The van der Waals surface area contributed by atoms with Gasteiger partial charge in [-0.15, -0.1) is 0 Å². The monoisotopic (exact) mass is 321 g/mol. The Labute approximate surface area is 122 Å². The van der Waals surface area contributed by atoms with Crippen molar-refractivity contribution in [3.63, 3.8) is 0 Å². The molecule has 0 bridgehead atoms. The predicted octanol–water partition coefficient (Wildman–Crippen LogP) is 2.93. The average molecular weight is 321 g/mol. The molecule has 0 spiro atoms. The van der Waals surface area contributed by atoms with Crippen molar-refractivity contribution < 1.29 is 21.6 Å². The third-order valence-electron chi connectivity index (χ3n) is 3.81. The molecule has 1 N–H and O–H groups in total. The molecular weight excluding hydrogens is 303 g/mol. The van der Waals surface area contributed by atoms with Gasteiger partial charge in [0.15, 0.2) is 9.84 Å². The van der Waals surface area contributed by atoms with Gasteiger partial charge in [0, 0.05) is 11.6 Å². The first kappa shape index (κ1) is 16.3. The SMILES string of the molecule is CC(NC1(C)CCS(=O)(=O)C1)c1ccc(C(F)(F)F)cc1. The van der Waals surface area contributed by atoms with Crippen molar-refractivity contribution >= 4 is 9.84 Å². The van der Waals surface area contributed by atoms with E-state index in [1.165, 1.54) is 12.1 Å². The predicted molar refractivity (Wildman–Crippen MR) is 74.7 cm³/mol. The van der Waals surface area contributed by atoms with Gasteiger partial charge in [0.1, 0.15) is 0 Å². The molecule has 2 rings (SSSR count). The van der Waals surface area contributed by atoms with E-state index < -0.39 is 27.1 Å². The van der Waals surface area contributed by atoms with E-state index in [9.17, 15) is 21.6 Å². The van der Waals surface area contributed by atoms with Crippen molar-refractivity contribution in [2.24, 2.45) is 0 Å². The summed E-state index contributed by atoms with van der Waals surface area (Å²) in [7, 11) is -3.02. The number of hydrogen-bond donors (Lipinski definition) is 1. The Morgan fingerprint density at radius 1 is 1.24 bits per heavy atom. The van der Waals surface area contributed by atoms with Crippen LogP contribution in [0.1, 0.15) is 37.4 Å². The standard InChI is InChI=1S/C14H18F3NO2S/c1-10(18-13(2)7-8-21(19,20)9-13)11-3-5-12(6-4-11)14(15,16)17/h3-6,10,18H,7-9H2,1-2H3. The zero-order valence-corrected chi connectivity index (χ0v) is 12.7. The smallest absolute Gasteiger partial charge is 0.304 e. The molecule has 1 saturated heterocycles. The molecule has 1 heterocycles. The molecule has 1 fully saturated rings. The molecule has 0 aliphatic carbocycles. The first-order chi connectivity index (χ1) is 9.51. The Bertz CT molecular complexity index is 610. The minimum Gasteiger partial charge on any atom is -0.304 e. The summed E-state index contributed by atoms with van der Waals surface area (Å²) in [5.41, 5.74) is -0.511. The second-order valence-electron chi connectivity index (χ2n) is 5.89. The quantitative estimate of drug-likeness (QED) is 0.931. The Morgan fingerprint density at radius 3 is 2.24 bits per heavy atom. The normalized spacial score (nSPS) is 26.7. The second kappa shape index (κ2) is 5.28. The van der Waals surface area contributed by atoms with Gasteiger partial charge < -0.3 is 5.32 Å². The summed E-state index contributed by atoms with van der Waals surface area (Å²) in [6, 6.07) is 4.72. The van der Waals surface area contributed by atoms with Crippen LogP contribution >= 0.6 is 0 Å². The van der Waals surface area contributed by atoms with Crippen LogP contribution in [0.4, 0.5) is 13.2 Å². The third kappa shape index (κ3) is 3.97. The summed E-state index contributed by atoms with van der Waals surface area (Å²) in [6.45, 7) is 3.65. The fraction of sp³-hybridized carbons (Fsp3) is 0.571. The molecule has 0 amide bonds. The van der Waals surface area contributed by atoms with E-state index in [0.29, 0.717) is 12.0 Å². The van der Waals surface area contributed by atoms with E-state index in [0.717, 1.165) is 12.1 Å². The summed E-state index contributed by atoms with van der Waals surface area (Å²) < 4.78 is 60.6. The fourth-order valence-corrected chi connectivity index (χ4v) is 4.80. The van der Waals surface area contributed by atoms with Crippen LogP contribution in [0.5, 0.6) is 0 Å². The van der Waals surface area contributed by atoms with Crippen LogP contribution < -0.4 is 5.32 Å². The third-order valence-corrected chi connectivity index (χ3v) is 5.71. The number of sulfone groups is 1. The summed E-state index contributed by atoms with van der Waals surface area (Å²) in [5.74, 6) is 0.210. The second-order valence-corrected chi connectivity index (χ2v) is 8.07. The van der Waals surface area contributed by atoms with E-state index in [2.05, 4.69) is 5.32 Å². The minimum absolute atomic E-state index is 0.0605. The summed E-state index contributed by atoms with van der Waals surface area (Å²) >= 11 is 0. The summed E-state index contributed by atoms with van der Waals surface area (Å²) in [5, 5.41) is 3.22. The van der Waals surface area contributed by atoms with Crippen molar-refractivity contribution in [2.45, 2.75) is 38.0 Å². The van der Waals surface area contributed by atoms with Crippen LogP contribution in [0.25, 0.3) is 0 Å². The number of rotatable bonds is 3. The van der Waals surface area contributed by atoms with Crippen LogP contribution in [0.15, 0.2) is 24.3 Å². The van der Waals surface area contributed by atoms with Gasteiger partial charge >= 0.3 is 6.18 Å². The molecule has 1 aromatic rings. The lowest BCUT2D eigenvalue weighted by Gasteiger charge is -2.29. The molecular formula is C14H18F3NO2S. The van der Waals surface area contributed by atoms with E-state index in [4.69, 9.17) is 0 Å². The average Bonchev–Trinajstić information content (AvgIpc) is 2.62. The van der Waals surface area contributed by atoms with Gasteiger partial charge in [0.05, 0.1) is 17.1 Å². The largest absolute Gasteiger partial charge is 0.416 e. The lowest BCUT2D eigenvalue weighted by molar-refractivity contribution is -0.137. The van der Waals surface area contributed by atoms with Crippen molar-refractivity contribution in [3.8, 4) is 0 Å². The van der Waals surface area contributed by atoms with Crippen LogP contribution in [-0.4, -0.2) is 25.5 Å². The molecule has 1 aliphatic heterocycles. The highest BCUT2D eigenvalue weighted by Crippen LogP contribution is 2.31. The maximum absolute atomic E-state index is 12.5. The first-order valence-corrected chi connectivity index (χ1v) is 8.48. The summed E-state index contributed by atoms with van der Waals surface area (Å²) in [6.07, 6.45) is -3.83. The van der Waals surface area contributed by atoms with E-state index >= 15 is 0 Å². The lowest BCUT2D eigenvalue weighted by atomic mass is 9.98. The van der Waals surface area contributed by atoms with Crippen LogP contribution in [0.3, 0.4) is 0 Å². The van der Waals surface area contributed by atoms with Crippen molar-refractivity contribution in [2.75, 3.05) is 11.5 Å². The number of benzene rings is 1. The molecule has 2 unspecified atom stereocenters. The van der Waals surface area contributed by atoms with E-state index in [1.807, 2.05) is 13.8 Å². The van der Waals surface area contributed by atoms with Gasteiger partial charge in [0.2, 0.25) is 0 Å². The Morgan fingerprint density at radius 2 is 1.81 bits per heavy atom. The number of hydrogen-bond acceptors (Lipinski definition) is 3. The molecule has 0 radical (unpaired) electrons. The van der Waals surface area contributed by atoms with Gasteiger partial charge in [-0.2, -0.15) is 13.2 Å². The minimum atomic E-state index is -4.35. The zero-order valence-electron chi connectivity index (χ0n) is 11.9. The molecule has 1 aromatic carbocycles. The molecule has 3 nitrogen and oxygen atoms in total. The van der Waals surface area contributed by atoms with Crippen LogP contribution in [-0.2, 0) is 16.0 Å². The number of alkyl halides is 3. The Kier molecular flexibility index (Phi) is 4.10.